The second-order valence-corrected chi connectivity index (χ2v) is 27.9. The van der Waals surface area contributed by atoms with Gasteiger partial charge in [-0.05, 0) is 0 Å². The molecule has 0 aromatic heterocycles. The Hall–Kier alpha value is 0.610. The normalized spacial score (nSPS) is 10.9. The molecule has 0 aromatic carbocycles. The first-order valence-electron chi connectivity index (χ1n) is 3.05. The van der Waals surface area contributed by atoms with Gasteiger partial charge in [-0.3, -0.25) is 0 Å². The second-order valence-electron chi connectivity index (χ2n) is 2.33. The monoisotopic (exact) mass is 436 g/mol. The topological polar surface area (TPSA) is 51.2 Å². The van der Waals surface area contributed by atoms with Gasteiger partial charge >= 0.3 is 79.7 Å². The molecule has 0 N–H and O–H groups in total. The molecule has 0 saturated carbocycles. The van der Waals surface area contributed by atoms with E-state index >= 15 is 0 Å². The van der Waals surface area contributed by atoms with Crippen molar-refractivity contribution in [2.75, 3.05) is 0 Å². The fraction of sp³-hybridized carbons (Fsp3) is 0.500. The molecule has 11 heavy (non-hydrogen) atoms. The van der Waals surface area contributed by atoms with Crippen LogP contribution in [0, 0.1) is 0 Å². The van der Waals surface area contributed by atoms with E-state index in [9.17, 15) is 14.4 Å². The number of rotatable bonds is 3. The molecule has 0 unspecified atom stereocenters. The standard InChI is InChI=1S/3C2H3O.Hf.HI/c3*1-2-3;;/h3*1H3;;1H/q;;;+1;/p-1. The quantitative estimate of drug-likeness (QED) is 0.494. The maximum absolute atomic E-state index is 11.0. The molecular weight excluding hydrogens is 425 g/mol. The van der Waals surface area contributed by atoms with Gasteiger partial charge in [-0.2, -0.15) is 0 Å². The molecular formula is C6H9HfIO3. The molecule has 0 bridgehead atoms. The van der Waals surface area contributed by atoms with E-state index in [2.05, 4.69) is 0 Å². The Kier molecular flexibility index (Phi) is 4.24. The summed E-state index contributed by atoms with van der Waals surface area (Å²) in [5.74, 6) is 0. The van der Waals surface area contributed by atoms with Gasteiger partial charge in [-0.15, -0.1) is 0 Å². The minimum atomic E-state index is -3.82. The van der Waals surface area contributed by atoms with Gasteiger partial charge in [0.05, 0.1) is 0 Å². The number of carbonyl (C=O) groups excluding carboxylic acids is 3. The van der Waals surface area contributed by atoms with Crippen molar-refractivity contribution in [3.8, 4) is 0 Å². The van der Waals surface area contributed by atoms with Crippen molar-refractivity contribution >= 4 is 28.8 Å². The average molecular weight is 435 g/mol. The van der Waals surface area contributed by atoms with Crippen molar-refractivity contribution in [2.24, 2.45) is 0 Å². The van der Waals surface area contributed by atoms with Crippen molar-refractivity contribution in [1.29, 1.82) is 0 Å². The van der Waals surface area contributed by atoms with Crippen molar-refractivity contribution < 1.29 is 30.2 Å². The third-order valence-electron chi connectivity index (χ3n) is 1.46. The molecule has 0 rings (SSSR count). The van der Waals surface area contributed by atoms with Crippen LogP contribution in [0.5, 0.6) is 0 Å². The molecule has 0 fully saturated rings. The minimum absolute atomic E-state index is 0.182. The fourth-order valence-corrected chi connectivity index (χ4v) is 6.09. The molecule has 0 spiro atoms. The third-order valence-corrected chi connectivity index (χ3v) is 30.6. The van der Waals surface area contributed by atoms with Gasteiger partial charge in [-0.1, -0.05) is 0 Å². The van der Waals surface area contributed by atoms with E-state index in [4.69, 9.17) is 0 Å². The van der Waals surface area contributed by atoms with E-state index in [-0.39, 0.29) is 10.6 Å². The predicted molar refractivity (Wildman–Crippen MR) is 46.1 cm³/mol. The van der Waals surface area contributed by atoms with Gasteiger partial charge in [0.1, 0.15) is 0 Å². The van der Waals surface area contributed by atoms with Gasteiger partial charge in [-0.25, -0.2) is 0 Å². The Morgan fingerprint density at radius 2 is 1.09 bits per heavy atom. The number of halogens is 1. The van der Waals surface area contributed by atoms with Crippen LogP contribution in [0.25, 0.3) is 0 Å². The first kappa shape index (κ1) is 11.6. The van der Waals surface area contributed by atoms with E-state index in [1.807, 2.05) is 18.1 Å². The molecule has 5 heteroatoms. The zero-order valence-electron chi connectivity index (χ0n) is 6.60. The van der Waals surface area contributed by atoms with Crippen molar-refractivity contribution in [3.05, 3.63) is 0 Å². The van der Waals surface area contributed by atoms with Gasteiger partial charge in [0, 0.05) is 0 Å². The van der Waals surface area contributed by atoms with E-state index < -0.39 is 15.8 Å². The Bertz CT molecular complexity index is 188. The Labute approximate surface area is 79.0 Å². The summed E-state index contributed by atoms with van der Waals surface area (Å²) >= 11 is -2.00. The first-order chi connectivity index (χ1) is 4.83. The molecule has 0 atom stereocenters. The number of hydrogen-bond donors (Lipinski definition) is 0. The Morgan fingerprint density at radius 3 is 1.09 bits per heavy atom. The number of hydrogen-bond acceptors (Lipinski definition) is 3. The van der Waals surface area contributed by atoms with Crippen molar-refractivity contribution in [3.63, 3.8) is 0 Å². The molecule has 62 valence electrons. The van der Waals surface area contributed by atoms with Crippen LogP contribution in [0.15, 0.2) is 0 Å². The van der Waals surface area contributed by atoms with Crippen LogP contribution in [0.2, 0.25) is 0 Å². The van der Waals surface area contributed by atoms with Crippen LogP contribution in [0.1, 0.15) is 20.8 Å². The van der Waals surface area contributed by atoms with Gasteiger partial charge in [0.15, 0.2) is 0 Å². The molecule has 3 nitrogen and oxygen atoms in total. The summed E-state index contributed by atoms with van der Waals surface area (Å²) in [6, 6.07) is 0. The summed E-state index contributed by atoms with van der Waals surface area (Å²) in [4.78, 5) is 33.0. The zero-order valence-corrected chi connectivity index (χ0v) is 12.4. The van der Waals surface area contributed by atoms with E-state index in [0.29, 0.717) is 0 Å². The van der Waals surface area contributed by atoms with E-state index in [1.165, 1.54) is 20.8 Å². The van der Waals surface area contributed by atoms with Crippen LogP contribution >= 0.6 is 18.1 Å². The third kappa shape index (κ3) is 2.27. The summed E-state index contributed by atoms with van der Waals surface area (Å²) in [5.41, 5.74) is 0. The van der Waals surface area contributed by atoms with Gasteiger partial charge in [0.2, 0.25) is 0 Å². The summed E-state index contributed by atoms with van der Waals surface area (Å²) in [5, 5.41) is 0. The summed E-state index contributed by atoms with van der Waals surface area (Å²) < 4.78 is -0.547. The van der Waals surface area contributed by atoms with Crippen LogP contribution < -0.4 is 0 Å². The average Bonchev–Trinajstić information content (AvgIpc) is 1.84. The molecule has 0 aliphatic rings. The van der Waals surface area contributed by atoms with Crippen LogP contribution in [0.4, 0.5) is 0 Å². The zero-order chi connectivity index (χ0) is 9.23. The molecule has 0 radical (unpaired) electrons. The van der Waals surface area contributed by atoms with Crippen LogP contribution in [-0.2, 0) is 30.2 Å². The predicted octanol–water partition coefficient (Wildman–Crippen LogP) is 1.13. The second kappa shape index (κ2) is 4.02. The Balaban J connectivity index is 4.99. The summed E-state index contributed by atoms with van der Waals surface area (Å²) in [7, 11) is 0. The molecule has 0 amide bonds. The molecule has 0 saturated heterocycles. The summed E-state index contributed by atoms with van der Waals surface area (Å²) in [6.07, 6.45) is 0. The number of carbonyl (C=O) groups is 3. The van der Waals surface area contributed by atoms with Crippen LogP contribution in [-0.4, -0.2) is 10.6 Å². The first-order valence-corrected chi connectivity index (χ1v) is 18.6. The SMILES string of the molecule is C[C](=O)[Hf]([I])([C](C)=O)[C](C)=O. The summed E-state index contributed by atoms with van der Waals surface area (Å²) in [6.45, 7) is 4.03. The van der Waals surface area contributed by atoms with Gasteiger partial charge in [0.25, 0.3) is 0 Å². The molecule has 0 heterocycles. The Morgan fingerprint density at radius 1 is 0.909 bits per heavy atom. The van der Waals surface area contributed by atoms with Gasteiger partial charge < -0.3 is 0 Å². The van der Waals surface area contributed by atoms with Crippen molar-refractivity contribution in [2.45, 2.75) is 20.8 Å². The van der Waals surface area contributed by atoms with Crippen LogP contribution in [0.3, 0.4) is 0 Å². The van der Waals surface area contributed by atoms with Crippen molar-refractivity contribution in [1.82, 2.24) is 0 Å². The van der Waals surface area contributed by atoms with E-state index in [1.54, 1.807) is 0 Å². The molecule has 0 aliphatic heterocycles. The van der Waals surface area contributed by atoms with E-state index in [0.717, 1.165) is 0 Å². The molecule has 0 aromatic rings. The maximum atomic E-state index is 11.0. The fourth-order valence-electron chi connectivity index (χ4n) is 0.744. The molecule has 0 aliphatic carbocycles.